The molecule has 0 radical (unpaired) electrons. The Kier molecular flexibility index (Phi) is 8.88. The second kappa shape index (κ2) is 12.3. The van der Waals surface area contributed by atoms with Crippen molar-refractivity contribution in [1.82, 2.24) is 24.9 Å². The van der Waals surface area contributed by atoms with Gasteiger partial charge in [-0.2, -0.15) is 5.10 Å². The summed E-state index contributed by atoms with van der Waals surface area (Å²) in [4.78, 5) is 44.2. The summed E-state index contributed by atoms with van der Waals surface area (Å²) in [7, 11) is 0. The third-order valence-corrected chi connectivity index (χ3v) is 7.09. The number of nitrogens with zero attached hydrogens (tertiary/aromatic N) is 5. The first-order valence-electron chi connectivity index (χ1n) is 12.9. The molecule has 10 nitrogen and oxygen atoms in total. The molecule has 0 aliphatic carbocycles. The lowest BCUT2D eigenvalue weighted by molar-refractivity contribution is -0.130. The molecule has 4 rings (SSSR count). The van der Waals surface area contributed by atoms with Crippen LogP contribution >= 0.6 is 11.6 Å². The van der Waals surface area contributed by atoms with Crippen LogP contribution < -0.4 is 10.2 Å². The highest BCUT2D eigenvalue weighted by Gasteiger charge is 2.32. The van der Waals surface area contributed by atoms with Gasteiger partial charge in [0, 0.05) is 44.1 Å². The fourth-order valence-electron chi connectivity index (χ4n) is 4.64. The molecular weight excluding hydrogens is 520 g/mol. The minimum Gasteiger partial charge on any atom is -0.395 e. The Hall–Kier alpha value is -3.89. The molecule has 1 aromatic heterocycles. The van der Waals surface area contributed by atoms with Gasteiger partial charge in [0.15, 0.2) is 0 Å². The van der Waals surface area contributed by atoms with Gasteiger partial charge >= 0.3 is 6.03 Å². The fourth-order valence-corrected chi connectivity index (χ4v) is 4.90. The number of hydrogen-bond donors (Lipinski definition) is 2. The topological polar surface area (TPSA) is 111 Å². The van der Waals surface area contributed by atoms with Gasteiger partial charge in [-0.3, -0.25) is 9.59 Å². The number of aromatic nitrogens is 2. The second-order valence-electron chi connectivity index (χ2n) is 9.44. The Balaban J connectivity index is 1.55. The maximum atomic E-state index is 13.8. The SMILES string of the molecule is CCN(CCO)C(=O)CNC(=O)N1Cc2ccccc2N(C(=O)c2ccc(-n3ccc(C)n3)cc2Cl)C[C@H]1C. The normalized spacial score (nSPS) is 14.9. The van der Waals surface area contributed by atoms with E-state index in [4.69, 9.17) is 16.7 Å². The first-order chi connectivity index (χ1) is 18.7. The van der Waals surface area contributed by atoms with Crippen LogP contribution in [0.4, 0.5) is 10.5 Å². The summed E-state index contributed by atoms with van der Waals surface area (Å²) in [5, 5.41) is 16.6. The first-order valence-corrected chi connectivity index (χ1v) is 13.3. The number of urea groups is 1. The van der Waals surface area contributed by atoms with E-state index in [1.165, 1.54) is 4.90 Å². The van der Waals surface area contributed by atoms with E-state index in [-0.39, 0.29) is 50.6 Å². The van der Waals surface area contributed by atoms with Crippen molar-refractivity contribution in [1.29, 1.82) is 0 Å². The standard InChI is InChI=1S/C28H33ClN6O4/c1-4-32(13-14-36)26(37)16-30-28(39)33-18-21-7-5-6-8-25(21)34(17-20(33)3)27(38)23-10-9-22(15-24(23)29)35-12-11-19(2)31-35/h5-12,15,20,36H,4,13-14,16-18H2,1-3H3,(H,30,39)/t20-/m1/s1. The third-order valence-electron chi connectivity index (χ3n) is 6.77. The van der Waals surface area contributed by atoms with Crippen LogP contribution in [0.5, 0.6) is 0 Å². The van der Waals surface area contributed by atoms with E-state index in [0.29, 0.717) is 22.8 Å². The molecule has 3 aromatic rings. The first kappa shape index (κ1) is 28.1. The number of halogens is 1. The van der Waals surface area contributed by atoms with Crippen molar-refractivity contribution in [2.75, 3.05) is 37.7 Å². The number of fused-ring (bicyclic) bond motifs is 1. The molecule has 0 unspecified atom stereocenters. The number of rotatable bonds is 7. The van der Waals surface area contributed by atoms with E-state index < -0.39 is 6.03 Å². The summed E-state index contributed by atoms with van der Waals surface area (Å²) in [6, 6.07) is 13.8. The van der Waals surface area contributed by atoms with E-state index in [1.807, 2.05) is 57.3 Å². The van der Waals surface area contributed by atoms with E-state index in [0.717, 1.165) is 16.9 Å². The molecule has 206 valence electrons. The van der Waals surface area contributed by atoms with Crippen LogP contribution in [0.1, 0.15) is 35.5 Å². The number of amides is 4. The lowest BCUT2D eigenvalue weighted by atomic mass is 10.1. The predicted octanol–water partition coefficient (Wildman–Crippen LogP) is 3.24. The van der Waals surface area contributed by atoms with Gasteiger partial charge in [-0.25, -0.2) is 9.48 Å². The van der Waals surface area contributed by atoms with E-state index in [1.54, 1.807) is 32.7 Å². The molecule has 11 heteroatoms. The molecule has 1 aliphatic rings. The zero-order chi connectivity index (χ0) is 28.1. The number of likely N-dealkylation sites (N-methyl/N-ethyl adjacent to an activating group) is 1. The maximum absolute atomic E-state index is 13.8. The summed E-state index contributed by atoms with van der Waals surface area (Å²) < 4.78 is 1.70. The number of carbonyl (C=O) groups is 3. The lowest BCUT2D eigenvalue weighted by Crippen LogP contribution is -2.50. The summed E-state index contributed by atoms with van der Waals surface area (Å²) in [6.45, 7) is 6.39. The number of anilines is 1. The zero-order valence-electron chi connectivity index (χ0n) is 22.3. The van der Waals surface area contributed by atoms with Crippen LogP contribution in [0, 0.1) is 6.92 Å². The van der Waals surface area contributed by atoms with Crippen LogP contribution in [-0.4, -0.2) is 81.4 Å². The van der Waals surface area contributed by atoms with Crippen LogP contribution in [0.25, 0.3) is 5.69 Å². The summed E-state index contributed by atoms with van der Waals surface area (Å²) in [5.41, 5.74) is 3.45. The molecule has 0 saturated heterocycles. The van der Waals surface area contributed by atoms with Crippen molar-refractivity contribution in [2.24, 2.45) is 0 Å². The Morgan fingerprint density at radius 3 is 2.62 bits per heavy atom. The molecular formula is C28H33ClN6O4. The van der Waals surface area contributed by atoms with Crippen LogP contribution in [-0.2, 0) is 11.3 Å². The van der Waals surface area contributed by atoms with Gasteiger partial charge in [0.05, 0.1) is 35.1 Å². The summed E-state index contributed by atoms with van der Waals surface area (Å²) >= 11 is 6.60. The third kappa shape index (κ3) is 6.23. The maximum Gasteiger partial charge on any atom is 0.318 e. The van der Waals surface area contributed by atoms with Gasteiger partial charge < -0.3 is 25.1 Å². The molecule has 4 amide bonds. The summed E-state index contributed by atoms with van der Waals surface area (Å²) in [6.07, 6.45) is 1.83. The van der Waals surface area contributed by atoms with E-state index in [2.05, 4.69) is 10.4 Å². The monoisotopic (exact) mass is 552 g/mol. The van der Waals surface area contributed by atoms with Crippen molar-refractivity contribution in [3.05, 3.63) is 76.6 Å². The van der Waals surface area contributed by atoms with Gasteiger partial charge in [-0.1, -0.05) is 29.8 Å². The Morgan fingerprint density at radius 1 is 1.18 bits per heavy atom. The Labute approximate surface area is 232 Å². The molecule has 39 heavy (non-hydrogen) atoms. The molecule has 1 atom stereocenters. The van der Waals surface area contributed by atoms with Gasteiger partial charge in [0.1, 0.15) is 0 Å². The van der Waals surface area contributed by atoms with Gasteiger partial charge in [0.2, 0.25) is 5.91 Å². The van der Waals surface area contributed by atoms with Gasteiger partial charge in [-0.05, 0) is 56.7 Å². The van der Waals surface area contributed by atoms with Gasteiger partial charge in [-0.15, -0.1) is 0 Å². The minimum absolute atomic E-state index is 0.146. The van der Waals surface area contributed by atoms with Crippen molar-refractivity contribution in [3.63, 3.8) is 0 Å². The molecule has 2 heterocycles. The van der Waals surface area contributed by atoms with Crippen LogP contribution in [0.2, 0.25) is 5.02 Å². The Bertz CT molecular complexity index is 1360. The fraction of sp³-hybridized carbons (Fsp3) is 0.357. The molecule has 0 fully saturated rings. The van der Waals surface area contributed by atoms with E-state index in [9.17, 15) is 14.4 Å². The Morgan fingerprint density at radius 2 is 1.95 bits per heavy atom. The lowest BCUT2D eigenvalue weighted by Gasteiger charge is -2.30. The zero-order valence-corrected chi connectivity index (χ0v) is 23.1. The highest BCUT2D eigenvalue weighted by Crippen LogP contribution is 2.30. The minimum atomic E-state index is -0.406. The summed E-state index contributed by atoms with van der Waals surface area (Å²) in [5.74, 6) is -0.550. The number of carbonyl (C=O) groups excluding carboxylic acids is 3. The average Bonchev–Trinajstić information content (AvgIpc) is 3.31. The second-order valence-corrected chi connectivity index (χ2v) is 9.85. The van der Waals surface area contributed by atoms with Crippen molar-refractivity contribution in [3.8, 4) is 5.69 Å². The molecule has 0 spiro atoms. The number of hydrogen-bond acceptors (Lipinski definition) is 5. The average molecular weight is 553 g/mol. The van der Waals surface area contributed by atoms with Gasteiger partial charge in [0.25, 0.3) is 5.91 Å². The molecule has 0 bridgehead atoms. The van der Waals surface area contributed by atoms with E-state index >= 15 is 0 Å². The number of para-hydroxylation sites is 1. The number of aliphatic hydroxyl groups excluding tert-OH is 1. The molecule has 1 aliphatic heterocycles. The molecule has 2 N–H and O–H groups in total. The van der Waals surface area contributed by atoms with Crippen molar-refractivity contribution in [2.45, 2.75) is 33.4 Å². The number of aryl methyl sites for hydroxylation is 1. The largest absolute Gasteiger partial charge is 0.395 e. The number of benzene rings is 2. The predicted molar refractivity (Wildman–Crippen MR) is 149 cm³/mol. The van der Waals surface area contributed by atoms with Crippen molar-refractivity contribution >= 4 is 35.1 Å². The molecule has 0 saturated carbocycles. The molecule has 2 aromatic carbocycles. The number of aliphatic hydroxyl groups is 1. The highest BCUT2D eigenvalue weighted by atomic mass is 35.5. The highest BCUT2D eigenvalue weighted by molar-refractivity contribution is 6.34. The van der Waals surface area contributed by atoms with Crippen LogP contribution in [0.3, 0.4) is 0 Å². The van der Waals surface area contributed by atoms with Crippen LogP contribution in [0.15, 0.2) is 54.7 Å². The number of nitrogens with one attached hydrogen (secondary N) is 1. The van der Waals surface area contributed by atoms with Crippen molar-refractivity contribution < 1.29 is 19.5 Å². The smallest absolute Gasteiger partial charge is 0.318 e. The quantitative estimate of drug-likeness (QED) is 0.467.